The molecule has 1 heterocycles. The van der Waals surface area contributed by atoms with E-state index in [1.54, 1.807) is 12.3 Å². The molecule has 4 nitrogen and oxygen atoms in total. The number of aryl methyl sites for hydroxylation is 2. The maximum atomic E-state index is 11.8. The molecule has 0 fully saturated rings. The summed E-state index contributed by atoms with van der Waals surface area (Å²) < 4.78 is 1.20. The highest BCUT2D eigenvalue weighted by atomic mass is 16.1. The first kappa shape index (κ1) is 13.1. The molecule has 4 heteroatoms. The average Bonchev–Trinajstić information content (AvgIpc) is 2.38. The SMILES string of the molecule is CCc1ccc(/C=N\n2c(N)cc(C)cc2=O)cc1. The molecule has 0 radical (unpaired) electrons. The minimum atomic E-state index is -0.223. The molecule has 2 rings (SSSR count). The maximum absolute atomic E-state index is 11.8. The van der Waals surface area contributed by atoms with Gasteiger partial charge in [0.15, 0.2) is 0 Å². The fraction of sp³-hybridized carbons (Fsp3) is 0.200. The van der Waals surface area contributed by atoms with E-state index in [0.29, 0.717) is 5.82 Å². The van der Waals surface area contributed by atoms with Gasteiger partial charge >= 0.3 is 0 Å². The first-order chi connectivity index (χ1) is 9.10. The fourth-order valence-electron chi connectivity index (χ4n) is 1.81. The van der Waals surface area contributed by atoms with Crippen LogP contribution in [0.5, 0.6) is 0 Å². The van der Waals surface area contributed by atoms with Gasteiger partial charge in [0.25, 0.3) is 5.56 Å². The quantitative estimate of drug-likeness (QED) is 0.854. The lowest BCUT2D eigenvalue weighted by Gasteiger charge is -2.03. The van der Waals surface area contributed by atoms with Gasteiger partial charge in [-0.05, 0) is 36.1 Å². The Balaban J connectivity index is 2.29. The van der Waals surface area contributed by atoms with Gasteiger partial charge in [-0.3, -0.25) is 4.79 Å². The lowest BCUT2D eigenvalue weighted by Crippen LogP contribution is -2.19. The summed E-state index contributed by atoms with van der Waals surface area (Å²) in [6.45, 7) is 3.94. The Morgan fingerprint density at radius 3 is 2.53 bits per heavy atom. The van der Waals surface area contributed by atoms with Gasteiger partial charge in [-0.15, -0.1) is 0 Å². The Hall–Kier alpha value is -2.36. The number of rotatable bonds is 3. The van der Waals surface area contributed by atoms with Crippen LogP contribution < -0.4 is 11.3 Å². The molecule has 2 aromatic rings. The molecule has 1 aromatic heterocycles. The Morgan fingerprint density at radius 2 is 1.95 bits per heavy atom. The lowest BCUT2D eigenvalue weighted by atomic mass is 10.1. The summed E-state index contributed by atoms with van der Waals surface area (Å²) in [5, 5.41) is 4.13. The largest absolute Gasteiger partial charge is 0.384 e. The minimum absolute atomic E-state index is 0.223. The molecule has 0 aliphatic carbocycles. The van der Waals surface area contributed by atoms with Crippen LogP contribution in [-0.4, -0.2) is 10.9 Å². The van der Waals surface area contributed by atoms with Crippen LogP contribution in [0.1, 0.15) is 23.6 Å². The summed E-state index contributed by atoms with van der Waals surface area (Å²) in [6.07, 6.45) is 2.63. The molecule has 98 valence electrons. The summed E-state index contributed by atoms with van der Waals surface area (Å²) in [4.78, 5) is 11.8. The smallest absolute Gasteiger partial charge is 0.273 e. The number of pyridine rings is 1. The molecule has 19 heavy (non-hydrogen) atoms. The normalized spacial score (nSPS) is 11.1. The minimum Gasteiger partial charge on any atom is -0.384 e. The Bertz CT molecular complexity index is 654. The zero-order valence-electron chi connectivity index (χ0n) is 11.1. The van der Waals surface area contributed by atoms with E-state index >= 15 is 0 Å². The van der Waals surface area contributed by atoms with Crippen molar-refractivity contribution in [2.45, 2.75) is 20.3 Å². The van der Waals surface area contributed by atoms with Crippen molar-refractivity contribution in [2.75, 3.05) is 5.73 Å². The van der Waals surface area contributed by atoms with E-state index in [2.05, 4.69) is 12.0 Å². The molecule has 1 aromatic carbocycles. The van der Waals surface area contributed by atoms with Crippen molar-refractivity contribution >= 4 is 12.0 Å². The van der Waals surface area contributed by atoms with Crippen molar-refractivity contribution in [1.29, 1.82) is 0 Å². The zero-order chi connectivity index (χ0) is 13.8. The van der Waals surface area contributed by atoms with Crippen LogP contribution in [0.3, 0.4) is 0 Å². The summed E-state index contributed by atoms with van der Waals surface area (Å²) in [7, 11) is 0. The van der Waals surface area contributed by atoms with Crippen LogP contribution in [-0.2, 0) is 6.42 Å². The van der Waals surface area contributed by atoms with Crippen molar-refractivity contribution in [3.05, 3.63) is 63.4 Å². The number of anilines is 1. The van der Waals surface area contributed by atoms with Gasteiger partial charge in [-0.1, -0.05) is 31.2 Å². The summed E-state index contributed by atoms with van der Waals surface area (Å²) in [6, 6.07) is 11.3. The van der Waals surface area contributed by atoms with Crippen molar-refractivity contribution in [1.82, 2.24) is 4.68 Å². The molecule has 0 aliphatic rings. The van der Waals surface area contributed by atoms with Crippen molar-refractivity contribution in [3.63, 3.8) is 0 Å². The highest BCUT2D eigenvalue weighted by Crippen LogP contribution is 2.05. The van der Waals surface area contributed by atoms with Crippen LogP contribution in [0.2, 0.25) is 0 Å². The summed E-state index contributed by atoms with van der Waals surface area (Å²) >= 11 is 0. The zero-order valence-corrected chi connectivity index (χ0v) is 11.1. The van der Waals surface area contributed by atoms with Crippen LogP contribution in [0.4, 0.5) is 5.82 Å². The number of hydrogen-bond donors (Lipinski definition) is 1. The Labute approximate surface area is 112 Å². The third-order valence-corrected chi connectivity index (χ3v) is 2.89. The van der Waals surface area contributed by atoms with Crippen molar-refractivity contribution in [2.24, 2.45) is 5.10 Å². The topological polar surface area (TPSA) is 60.4 Å². The first-order valence-corrected chi connectivity index (χ1v) is 6.22. The molecular weight excluding hydrogens is 238 g/mol. The highest BCUT2D eigenvalue weighted by Gasteiger charge is 1.99. The molecule has 0 aliphatic heterocycles. The third-order valence-electron chi connectivity index (χ3n) is 2.89. The van der Waals surface area contributed by atoms with Crippen LogP contribution in [0.15, 0.2) is 46.3 Å². The van der Waals surface area contributed by atoms with Crippen LogP contribution >= 0.6 is 0 Å². The number of nitrogens with two attached hydrogens (primary N) is 1. The van der Waals surface area contributed by atoms with E-state index in [0.717, 1.165) is 17.5 Å². The molecule has 2 N–H and O–H groups in total. The predicted octanol–water partition coefficient (Wildman–Crippen LogP) is 2.18. The highest BCUT2D eigenvalue weighted by molar-refractivity contribution is 5.79. The Morgan fingerprint density at radius 1 is 1.26 bits per heavy atom. The molecule has 0 saturated carbocycles. The van der Waals surface area contributed by atoms with Gasteiger partial charge in [-0.25, -0.2) is 0 Å². The first-order valence-electron chi connectivity index (χ1n) is 6.22. The fourth-order valence-corrected chi connectivity index (χ4v) is 1.81. The number of aromatic nitrogens is 1. The van der Waals surface area contributed by atoms with Gasteiger partial charge in [0.2, 0.25) is 0 Å². The molecule has 0 saturated heterocycles. The molecule has 0 atom stereocenters. The van der Waals surface area contributed by atoms with E-state index in [9.17, 15) is 4.79 Å². The second-order valence-corrected chi connectivity index (χ2v) is 4.45. The van der Waals surface area contributed by atoms with Crippen LogP contribution in [0.25, 0.3) is 0 Å². The van der Waals surface area contributed by atoms with Crippen molar-refractivity contribution in [3.8, 4) is 0 Å². The summed E-state index contributed by atoms with van der Waals surface area (Å²) in [5.41, 5.74) is 8.59. The number of nitrogens with zero attached hydrogens (tertiary/aromatic N) is 2. The molecule has 0 bridgehead atoms. The second-order valence-electron chi connectivity index (χ2n) is 4.45. The third kappa shape index (κ3) is 3.10. The van der Waals surface area contributed by atoms with Gasteiger partial charge in [0, 0.05) is 6.07 Å². The van der Waals surface area contributed by atoms with Gasteiger partial charge in [0.1, 0.15) is 5.82 Å². The average molecular weight is 255 g/mol. The van der Waals surface area contributed by atoms with Crippen LogP contribution in [0, 0.1) is 6.92 Å². The lowest BCUT2D eigenvalue weighted by molar-refractivity contribution is 0.843. The van der Waals surface area contributed by atoms with E-state index in [1.807, 2.05) is 31.2 Å². The van der Waals surface area contributed by atoms with E-state index in [1.165, 1.54) is 16.3 Å². The molecule has 0 spiro atoms. The molecule has 0 amide bonds. The van der Waals surface area contributed by atoms with Gasteiger partial charge in [0.05, 0.1) is 6.21 Å². The monoisotopic (exact) mass is 255 g/mol. The van der Waals surface area contributed by atoms with E-state index in [4.69, 9.17) is 5.73 Å². The summed E-state index contributed by atoms with van der Waals surface area (Å²) in [5.74, 6) is 0.339. The second kappa shape index (κ2) is 5.52. The van der Waals surface area contributed by atoms with E-state index in [-0.39, 0.29) is 5.56 Å². The molecule has 0 unspecified atom stereocenters. The van der Waals surface area contributed by atoms with Gasteiger partial charge < -0.3 is 5.73 Å². The predicted molar refractivity (Wildman–Crippen MR) is 78.7 cm³/mol. The number of hydrogen-bond acceptors (Lipinski definition) is 3. The Kier molecular flexibility index (Phi) is 3.80. The van der Waals surface area contributed by atoms with Crippen molar-refractivity contribution < 1.29 is 0 Å². The number of benzene rings is 1. The van der Waals surface area contributed by atoms with E-state index < -0.39 is 0 Å². The van der Waals surface area contributed by atoms with Gasteiger partial charge in [-0.2, -0.15) is 9.78 Å². The maximum Gasteiger partial charge on any atom is 0.273 e. The number of nitrogen functional groups attached to an aromatic ring is 1. The standard InChI is InChI=1S/C15H17N3O/c1-3-12-4-6-13(7-5-12)10-17-18-14(16)8-11(2)9-15(18)19/h4-10H,3,16H2,1-2H3/b17-10-. The molecular formula is C15H17N3O.